The minimum atomic E-state index is 0.118. The van der Waals surface area contributed by atoms with Gasteiger partial charge in [0, 0.05) is 44.2 Å². The van der Waals surface area contributed by atoms with Gasteiger partial charge in [-0.2, -0.15) is 10.0 Å². The molecule has 0 unspecified atom stereocenters. The van der Waals surface area contributed by atoms with Gasteiger partial charge in [0.1, 0.15) is 5.69 Å². The van der Waals surface area contributed by atoms with Crippen LogP contribution < -0.4 is 0 Å². The topological polar surface area (TPSA) is 84.6 Å². The third-order valence-electron chi connectivity index (χ3n) is 5.55. The molecule has 27 heavy (non-hydrogen) atoms. The van der Waals surface area contributed by atoms with Crippen molar-refractivity contribution < 1.29 is 14.2 Å². The molecule has 0 aliphatic carbocycles. The van der Waals surface area contributed by atoms with Gasteiger partial charge in [0.15, 0.2) is 0 Å². The Morgan fingerprint density at radius 2 is 1.93 bits per heavy atom. The summed E-state index contributed by atoms with van der Waals surface area (Å²) in [6, 6.07) is 5.63. The van der Waals surface area contributed by atoms with Gasteiger partial charge in [-0.1, -0.05) is 11.2 Å². The predicted molar refractivity (Wildman–Crippen MR) is 97.4 cm³/mol. The number of rotatable bonds is 4. The highest BCUT2D eigenvalue weighted by molar-refractivity contribution is 5.79. The van der Waals surface area contributed by atoms with Gasteiger partial charge < -0.3 is 14.3 Å². The van der Waals surface area contributed by atoms with Crippen molar-refractivity contribution in [3.8, 4) is 11.5 Å². The van der Waals surface area contributed by atoms with Gasteiger partial charge in [0.05, 0.1) is 7.11 Å². The molecular weight excluding hydrogens is 346 g/mol. The van der Waals surface area contributed by atoms with Gasteiger partial charge in [-0.15, -0.1) is 0 Å². The second-order valence-corrected chi connectivity index (χ2v) is 7.16. The lowest BCUT2D eigenvalue weighted by atomic mass is 9.92. The van der Waals surface area contributed by atoms with E-state index in [1.54, 1.807) is 13.3 Å². The summed E-state index contributed by atoms with van der Waals surface area (Å²) in [5.74, 6) is 1.77. The van der Waals surface area contributed by atoms with E-state index < -0.39 is 0 Å². The van der Waals surface area contributed by atoms with E-state index in [0.717, 1.165) is 51.9 Å². The van der Waals surface area contributed by atoms with Crippen molar-refractivity contribution >= 4 is 5.91 Å². The summed E-state index contributed by atoms with van der Waals surface area (Å²) in [5, 5.41) is 5.98. The summed E-state index contributed by atoms with van der Waals surface area (Å²) >= 11 is 0. The Kier molecular flexibility index (Phi) is 5.45. The van der Waals surface area contributed by atoms with Crippen LogP contribution >= 0.6 is 0 Å². The Morgan fingerprint density at radius 3 is 2.59 bits per heavy atom. The molecule has 8 heteroatoms. The van der Waals surface area contributed by atoms with E-state index in [4.69, 9.17) is 9.36 Å². The molecule has 1 amide bonds. The molecule has 2 saturated heterocycles. The molecule has 2 aromatic heterocycles. The van der Waals surface area contributed by atoms with Crippen molar-refractivity contribution in [3.63, 3.8) is 0 Å². The summed E-state index contributed by atoms with van der Waals surface area (Å²) in [6.45, 7) is 3.13. The minimum absolute atomic E-state index is 0.118. The molecule has 2 aliphatic heterocycles. The van der Waals surface area contributed by atoms with Crippen molar-refractivity contribution in [1.29, 1.82) is 0 Å². The summed E-state index contributed by atoms with van der Waals surface area (Å²) in [7, 11) is 1.68. The first-order valence-corrected chi connectivity index (χ1v) is 9.57. The Morgan fingerprint density at radius 1 is 1.15 bits per heavy atom. The maximum absolute atomic E-state index is 12.8. The largest absolute Gasteiger partial charge is 0.342 e. The van der Waals surface area contributed by atoms with Crippen LogP contribution in [0.1, 0.15) is 37.5 Å². The van der Waals surface area contributed by atoms with Crippen molar-refractivity contribution in [3.05, 3.63) is 30.3 Å². The Labute approximate surface area is 158 Å². The van der Waals surface area contributed by atoms with E-state index in [0.29, 0.717) is 17.4 Å². The van der Waals surface area contributed by atoms with E-state index in [-0.39, 0.29) is 17.7 Å². The van der Waals surface area contributed by atoms with Gasteiger partial charge in [-0.3, -0.25) is 9.78 Å². The van der Waals surface area contributed by atoms with E-state index >= 15 is 0 Å². The van der Waals surface area contributed by atoms with E-state index in [2.05, 4.69) is 15.1 Å². The normalized spacial score (nSPS) is 20.1. The SMILES string of the molecule is CON1CCC(C(=O)N2CCC(c3nc(-c4ccccn4)no3)CC2)CC1. The lowest BCUT2D eigenvalue weighted by Gasteiger charge is -2.36. The number of amides is 1. The van der Waals surface area contributed by atoms with Gasteiger partial charge >= 0.3 is 0 Å². The molecule has 0 aromatic carbocycles. The Bertz CT molecular complexity index is 750. The van der Waals surface area contributed by atoms with Crippen LogP contribution in [0, 0.1) is 5.92 Å². The number of pyridine rings is 1. The molecule has 4 rings (SSSR count). The summed E-state index contributed by atoms with van der Waals surface area (Å²) < 4.78 is 5.47. The summed E-state index contributed by atoms with van der Waals surface area (Å²) in [4.78, 5) is 28.8. The number of aromatic nitrogens is 3. The van der Waals surface area contributed by atoms with Crippen molar-refractivity contribution in [2.24, 2.45) is 5.92 Å². The number of hydroxylamine groups is 2. The summed E-state index contributed by atoms with van der Waals surface area (Å²) in [6.07, 6.45) is 5.15. The molecule has 144 valence electrons. The number of piperidine rings is 2. The lowest BCUT2D eigenvalue weighted by molar-refractivity contribution is -0.159. The molecule has 0 spiro atoms. The second kappa shape index (κ2) is 8.14. The van der Waals surface area contributed by atoms with Crippen LogP contribution in [0.2, 0.25) is 0 Å². The van der Waals surface area contributed by atoms with E-state index in [1.165, 1.54) is 0 Å². The third kappa shape index (κ3) is 4.01. The van der Waals surface area contributed by atoms with Crippen LogP contribution in [-0.4, -0.2) is 64.3 Å². The van der Waals surface area contributed by atoms with Crippen LogP contribution in [-0.2, 0) is 9.63 Å². The fourth-order valence-corrected chi connectivity index (χ4v) is 3.89. The molecule has 0 saturated carbocycles. The Hall–Kier alpha value is -2.32. The van der Waals surface area contributed by atoms with E-state index in [9.17, 15) is 4.79 Å². The quantitative estimate of drug-likeness (QED) is 0.814. The minimum Gasteiger partial charge on any atom is -0.342 e. The lowest BCUT2D eigenvalue weighted by Crippen LogP contribution is -2.45. The number of hydrogen-bond donors (Lipinski definition) is 0. The number of nitrogens with zero attached hydrogens (tertiary/aromatic N) is 5. The highest BCUT2D eigenvalue weighted by Crippen LogP contribution is 2.30. The molecule has 8 nitrogen and oxygen atoms in total. The van der Waals surface area contributed by atoms with Crippen LogP contribution in [0.15, 0.2) is 28.9 Å². The molecule has 0 bridgehead atoms. The van der Waals surface area contributed by atoms with Gasteiger partial charge in [0.25, 0.3) is 0 Å². The van der Waals surface area contributed by atoms with Crippen LogP contribution in [0.25, 0.3) is 11.5 Å². The first kappa shape index (κ1) is 18.1. The molecule has 2 aliphatic rings. The van der Waals surface area contributed by atoms with Gasteiger partial charge in [-0.25, -0.2) is 0 Å². The fraction of sp³-hybridized carbons (Fsp3) is 0.579. The number of likely N-dealkylation sites (tertiary alicyclic amines) is 1. The standard InChI is InChI=1S/C19H25N5O3/c1-26-24-12-7-15(8-13-24)19(25)23-10-5-14(6-11-23)18-21-17(22-27-18)16-4-2-3-9-20-16/h2-4,9,14-15H,5-8,10-13H2,1H3. The Balaban J connectivity index is 1.31. The first-order chi connectivity index (χ1) is 13.2. The monoisotopic (exact) mass is 371 g/mol. The number of carbonyl (C=O) groups excluding carboxylic acids is 1. The van der Waals surface area contributed by atoms with Crippen LogP contribution in [0.4, 0.5) is 0 Å². The molecule has 2 fully saturated rings. The molecule has 0 N–H and O–H groups in total. The van der Waals surface area contributed by atoms with Crippen molar-refractivity contribution in [2.45, 2.75) is 31.6 Å². The van der Waals surface area contributed by atoms with Crippen LogP contribution in [0.3, 0.4) is 0 Å². The maximum atomic E-state index is 12.8. The third-order valence-corrected chi connectivity index (χ3v) is 5.55. The molecule has 4 heterocycles. The maximum Gasteiger partial charge on any atom is 0.230 e. The highest BCUT2D eigenvalue weighted by Gasteiger charge is 2.32. The predicted octanol–water partition coefficient (Wildman–Crippen LogP) is 2.11. The van der Waals surface area contributed by atoms with Gasteiger partial charge in [-0.05, 0) is 37.8 Å². The summed E-state index contributed by atoms with van der Waals surface area (Å²) in [5.41, 5.74) is 0.711. The van der Waals surface area contributed by atoms with Crippen LogP contribution in [0.5, 0.6) is 0 Å². The molecule has 2 aromatic rings. The highest BCUT2D eigenvalue weighted by atomic mass is 16.7. The zero-order valence-corrected chi connectivity index (χ0v) is 15.6. The zero-order valence-electron chi connectivity index (χ0n) is 15.6. The van der Waals surface area contributed by atoms with Gasteiger partial charge in [0.2, 0.25) is 17.6 Å². The molecular formula is C19H25N5O3. The number of carbonyl (C=O) groups is 1. The zero-order chi connectivity index (χ0) is 18.6. The number of hydrogen-bond acceptors (Lipinski definition) is 7. The molecule has 0 atom stereocenters. The van der Waals surface area contributed by atoms with Crippen molar-refractivity contribution in [2.75, 3.05) is 33.3 Å². The van der Waals surface area contributed by atoms with Crippen molar-refractivity contribution in [1.82, 2.24) is 25.1 Å². The first-order valence-electron chi connectivity index (χ1n) is 9.57. The fourth-order valence-electron chi connectivity index (χ4n) is 3.89. The average Bonchev–Trinajstić information content (AvgIpc) is 3.24. The second-order valence-electron chi connectivity index (χ2n) is 7.16. The molecule has 0 radical (unpaired) electrons. The average molecular weight is 371 g/mol. The van der Waals surface area contributed by atoms with E-state index in [1.807, 2.05) is 28.2 Å². The smallest absolute Gasteiger partial charge is 0.230 e.